The third-order valence-corrected chi connectivity index (χ3v) is 4.68. The zero-order valence-electron chi connectivity index (χ0n) is 12.3. The summed E-state index contributed by atoms with van der Waals surface area (Å²) in [7, 11) is 1.75. The Balaban J connectivity index is 1.91. The second-order valence-electron chi connectivity index (χ2n) is 6.23. The summed E-state index contributed by atoms with van der Waals surface area (Å²) in [5.41, 5.74) is -0.833. The van der Waals surface area contributed by atoms with Gasteiger partial charge in [0.15, 0.2) is 0 Å². The predicted molar refractivity (Wildman–Crippen MR) is 74.4 cm³/mol. The molecule has 0 radical (unpaired) electrons. The highest BCUT2D eigenvalue weighted by molar-refractivity contribution is 5.85. The van der Waals surface area contributed by atoms with Crippen LogP contribution in [0.3, 0.4) is 0 Å². The summed E-state index contributed by atoms with van der Waals surface area (Å²) in [5.74, 6) is -0.874. The average molecular weight is 283 g/mol. The van der Waals surface area contributed by atoms with Crippen LogP contribution >= 0.6 is 0 Å². The fraction of sp³-hybridized carbons (Fsp3) is 0.867. The first-order chi connectivity index (χ1) is 9.53. The van der Waals surface area contributed by atoms with Gasteiger partial charge in [-0.1, -0.05) is 19.3 Å². The van der Waals surface area contributed by atoms with Crippen molar-refractivity contribution in [1.29, 1.82) is 0 Å². The maximum absolute atomic E-state index is 12.3. The van der Waals surface area contributed by atoms with Crippen molar-refractivity contribution < 1.29 is 19.4 Å². The van der Waals surface area contributed by atoms with Gasteiger partial charge in [-0.05, 0) is 25.7 Å². The number of ether oxygens (including phenoxy) is 1. The number of hydrogen-bond donors (Lipinski definition) is 1. The van der Waals surface area contributed by atoms with E-state index >= 15 is 0 Å². The number of carboxylic acids is 1. The van der Waals surface area contributed by atoms with E-state index in [0.29, 0.717) is 19.4 Å². The summed E-state index contributed by atoms with van der Waals surface area (Å²) in [5, 5.41) is 9.51. The maximum Gasteiger partial charge on any atom is 0.310 e. The lowest BCUT2D eigenvalue weighted by Crippen LogP contribution is -2.41. The molecule has 1 aliphatic carbocycles. The van der Waals surface area contributed by atoms with E-state index in [1.807, 2.05) is 0 Å². The lowest BCUT2D eigenvalue weighted by atomic mass is 9.71. The highest BCUT2D eigenvalue weighted by Crippen LogP contribution is 2.40. The van der Waals surface area contributed by atoms with Gasteiger partial charge >= 0.3 is 5.97 Å². The van der Waals surface area contributed by atoms with E-state index in [1.54, 1.807) is 11.9 Å². The van der Waals surface area contributed by atoms with Gasteiger partial charge in [-0.25, -0.2) is 0 Å². The van der Waals surface area contributed by atoms with Crippen LogP contribution in [-0.2, 0) is 14.3 Å². The van der Waals surface area contributed by atoms with Gasteiger partial charge in [-0.15, -0.1) is 0 Å². The molecule has 2 aliphatic rings. The summed E-state index contributed by atoms with van der Waals surface area (Å²) in [6.07, 6.45) is 6.44. The van der Waals surface area contributed by atoms with E-state index in [4.69, 9.17) is 4.74 Å². The molecule has 1 saturated heterocycles. The molecular formula is C15H25NO4. The number of hydrogen-bond acceptors (Lipinski definition) is 3. The van der Waals surface area contributed by atoms with Gasteiger partial charge in [-0.2, -0.15) is 0 Å². The summed E-state index contributed by atoms with van der Waals surface area (Å²) in [6, 6.07) is 0. The van der Waals surface area contributed by atoms with Crippen LogP contribution in [0.2, 0.25) is 0 Å². The first kappa shape index (κ1) is 15.3. The summed E-state index contributed by atoms with van der Waals surface area (Å²) < 4.78 is 5.53. The number of likely N-dealkylation sites (N-methyl/N-ethyl adjacent to an activating group) is 1. The normalized spacial score (nSPS) is 25.4. The molecular weight excluding hydrogens is 258 g/mol. The second-order valence-corrected chi connectivity index (χ2v) is 6.23. The van der Waals surface area contributed by atoms with Gasteiger partial charge in [0.05, 0.1) is 11.5 Å². The Morgan fingerprint density at radius 3 is 2.50 bits per heavy atom. The molecule has 1 N–H and O–H groups in total. The molecule has 1 saturated carbocycles. The zero-order valence-corrected chi connectivity index (χ0v) is 12.3. The van der Waals surface area contributed by atoms with Crippen molar-refractivity contribution in [2.75, 3.05) is 20.2 Å². The van der Waals surface area contributed by atoms with Crippen molar-refractivity contribution in [3.63, 3.8) is 0 Å². The average Bonchev–Trinajstić information content (AvgIpc) is 2.92. The molecule has 0 bridgehead atoms. The van der Waals surface area contributed by atoms with Gasteiger partial charge in [0.25, 0.3) is 0 Å². The van der Waals surface area contributed by atoms with E-state index in [2.05, 4.69) is 0 Å². The molecule has 1 aliphatic heterocycles. The molecule has 1 heterocycles. The third kappa shape index (κ3) is 3.51. The van der Waals surface area contributed by atoms with Crippen molar-refractivity contribution in [1.82, 2.24) is 4.90 Å². The van der Waals surface area contributed by atoms with E-state index in [1.165, 1.54) is 0 Å². The van der Waals surface area contributed by atoms with Gasteiger partial charge in [-0.3, -0.25) is 9.59 Å². The fourth-order valence-electron chi connectivity index (χ4n) is 3.31. The van der Waals surface area contributed by atoms with Crippen LogP contribution in [0.5, 0.6) is 0 Å². The molecule has 5 nitrogen and oxygen atoms in total. The topological polar surface area (TPSA) is 66.8 Å². The number of aliphatic carboxylic acids is 1. The van der Waals surface area contributed by atoms with Gasteiger partial charge in [0.1, 0.15) is 0 Å². The Bertz CT molecular complexity index is 357. The SMILES string of the molecule is CN(CC1CCCO1)C(=O)CC1(C(=O)O)CCCCC1. The molecule has 1 atom stereocenters. The zero-order chi connectivity index (χ0) is 14.6. The van der Waals surface area contributed by atoms with Crippen LogP contribution in [0.4, 0.5) is 0 Å². The van der Waals surface area contributed by atoms with E-state index in [-0.39, 0.29) is 18.4 Å². The molecule has 0 aromatic heterocycles. The summed E-state index contributed by atoms with van der Waals surface area (Å²) in [4.78, 5) is 25.5. The minimum atomic E-state index is -0.833. The highest BCUT2D eigenvalue weighted by Gasteiger charge is 2.42. The van der Waals surface area contributed by atoms with Crippen molar-refractivity contribution in [3.05, 3.63) is 0 Å². The molecule has 0 aromatic rings. The molecule has 114 valence electrons. The van der Waals surface area contributed by atoms with Crippen molar-refractivity contribution in [2.45, 2.75) is 57.5 Å². The second kappa shape index (κ2) is 6.57. The number of carboxylic acid groups (broad SMARTS) is 1. The Morgan fingerprint density at radius 1 is 1.25 bits per heavy atom. The van der Waals surface area contributed by atoms with Crippen LogP contribution < -0.4 is 0 Å². The molecule has 20 heavy (non-hydrogen) atoms. The van der Waals surface area contributed by atoms with Gasteiger partial charge in [0.2, 0.25) is 5.91 Å². The van der Waals surface area contributed by atoms with Crippen LogP contribution in [0, 0.1) is 5.41 Å². The molecule has 5 heteroatoms. The number of rotatable bonds is 5. The van der Waals surface area contributed by atoms with Gasteiger partial charge in [0, 0.05) is 26.6 Å². The third-order valence-electron chi connectivity index (χ3n) is 4.68. The van der Waals surface area contributed by atoms with Crippen molar-refractivity contribution in [2.24, 2.45) is 5.41 Å². The maximum atomic E-state index is 12.3. The molecule has 1 amide bonds. The minimum absolute atomic E-state index is 0.0650. The van der Waals surface area contributed by atoms with Crippen LogP contribution in [0.25, 0.3) is 0 Å². The standard InChI is InChI=1S/C15H25NO4/c1-16(11-12-6-5-9-20-12)13(17)10-15(14(18)19)7-3-2-4-8-15/h12H,2-11H2,1H3,(H,18,19). The minimum Gasteiger partial charge on any atom is -0.481 e. The Morgan fingerprint density at radius 2 is 1.95 bits per heavy atom. The van der Waals surface area contributed by atoms with Crippen LogP contribution in [0.15, 0.2) is 0 Å². The lowest BCUT2D eigenvalue weighted by Gasteiger charge is -2.34. The highest BCUT2D eigenvalue weighted by atomic mass is 16.5. The summed E-state index contributed by atoms with van der Waals surface area (Å²) in [6.45, 7) is 1.35. The molecule has 0 spiro atoms. The van der Waals surface area contributed by atoms with Crippen molar-refractivity contribution in [3.8, 4) is 0 Å². The van der Waals surface area contributed by atoms with Crippen LogP contribution in [-0.4, -0.2) is 48.2 Å². The monoisotopic (exact) mass is 283 g/mol. The number of carbonyl (C=O) groups is 2. The molecule has 0 aromatic carbocycles. The largest absolute Gasteiger partial charge is 0.481 e. The molecule has 2 fully saturated rings. The van der Waals surface area contributed by atoms with E-state index < -0.39 is 11.4 Å². The Hall–Kier alpha value is -1.10. The van der Waals surface area contributed by atoms with Crippen LogP contribution in [0.1, 0.15) is 51.4 Å². The smallest absolute Gasteiger partial charge is 0.310 e. The number of nitrogens with zero attached hydrogens (tertiary/aromatic N) is 1. The Kier molecular flexibility index (Phi) is 5.02. The fourth-order valence-corrected chi connectivity index (χ4v) is 3.31. The molecule has 2 rings (SSSR count). The molecule has 1 unspecified atom stereocenters. The Labute approximate surface area is 120 Å². The van der Waals surface area contributed by atoms with Crippen molar-refractivity contribution >= 4 is 11.9 Å². The quantitative estimate of drug-likeness (QED) is 0.838. The lowest BCUT2D eigenvalue weighted by molar-refractivity contribution is -0.156. The first-order valence-electron chi connectivity index (χ1n) is 7.62. The predicted octanol–water partition coefficient (Wildman–Crippen LogP) is 2.05. The number of amides is 1. The van der Waals surface area contributed by atoms with E-state index in [9.17, 15) is 14.7 Å². The van der Waals surface area contributed by atoms with E-state index in [0.717, 1.165) is 38.7 Å². The van der Waals surface area contributed by atoms with Gasteiger partial charge < -0.3 is 14.7 Å². The summed E-state index contributed by atoms with van der Waals surface area (Å²) >= 11 is 0. The number of carbonyl (C=O) groups excluding carboxylic acids is 1. The first-order valence-corrected chi connectivity index (χ1v) is 7.62.